The van der Waals surface area contributed by atoms with E-state index >= 15 is 0 Å². The maximum atomic E-state index is 11.6. The second kappa shape index (κ2) is 4.87. The van der Waals surface area contributed by atoms with E-state index in [1.54, 1.807) is 6.20 Å². The fourth-order valence-electron chi connectivity index (χ4n) is 3.18. The molecule has 1 fully saturated rings. The molecule has 110 valence electrons. The summed E-state index contributed by atoms with van der Waals surface area (Å²) in [5.41, 5.74) is 1.01. The highest BCUT2D eigenvalue weighted by Gasteiger charge is 2.34. The number of imidazole rings is 1. The van der Waals surface area contributed by atoms with Crippen molar-refractivity contribution < 1.29 is 17.9 Å². The summed E-state index contributed by atoms with van der Waals surface area (Å²) < 4.78 is 30.1. The predicted octanol–water partition coefficient (Wildman–Crippen LogP) is 0.521. The Morgan fingerprint density at radius 3 is 2.90 bits per heavy atom. The van der Waals surface area contributed by atoms with Gasteiger partial charge in [0.25, 0.3) is 0 Å². The van der Waals surface area contributed by atoms with Gasteiger partial charge in [0.1, 0.15) is 5.82 Å². The van der Waals surface area contributed by atoms with Crippen LogP contribution in [0.2, 0.25) is 0 Å². The number of hydrogen-bond donors (Lipinski definition) is 0. The van der Waals surface area contributed by atoms with Crippen LogP contribution in [0, 0.1) is 5.92 Å². The lowest BCUT2D eigenvalue weighted by Gasteiger charge is -2.24. The van der Waals surface area contributed by atoms with E-state index in [1.165, 1.54) is 7.11 Å². The summed E-state index contributed by atoms with van der Waals surface area (Å²) in [4.78, 5) is 16.0. The standard InChI is InChI=1S/C13H18N2O4S/c1-19-13(16)9-2-4-15-11(6-9)7-14-12(15)10-3-5-20(17,18)8-10/h7,9-10H,2-6,8H2,1H3. The van der Waals surface area contributed by atoms with Crippen LogP contribution in [-0.2, 0) is 32.3 Å². The first-order valence-corrected chi connectivity index (χ1v) is 8.65. The van der Waals surface area contributed by atoms with E-state index in [2.05, 4.69) is 9.55 Å². The molecule has 0 aliphatic carbocycles. The average molecular weight is 298 g/mol. The van der Waals surface area contributed by atoms with Crippen LogP contribution >= 0.6 is 0 Å². The summed E-state index contributed by atoms with van der Waals surface area (Å²) in [6, 6.07) is 0. The van der Waals surface area contributed by atoms with Crippen LogP contribution in [0.15, 0.2) is 6.20 Å². The van der Waals surface area contributed by atoms with E-state index in [0.29, 0.717) is 19.4 Å². The van der Waals surface area contributed by atoms with Crippen molar-refractivity contribution in [2.45, 2.75) is 31.7 Å². The average Bonchev–Trinajstić information content (AvgIpc) is 2.99. The zero-order valence-corrected chi connectivity index (χ0v) is 12.2. The Morgan fingerprint density at radius 2 is 2.25 bits per heavy atom. The summed E-state index contributed by atoms with van der Waals surface area (Å²) in [5.74, 6) is 1.04. The molecule has 0 N–H and O–H groups in total. The van der Waals surface area contributed by atoms with E-state index < -0.39 is 9.84 Å². The molecule has 0 saturated carbocycles. The summed E-state index contributed by atoms with van der Waals surface area (Å²) in [5, 5.41) is 0. The van der Waals surface area contributed by atoms with E-state index in [-0.39, 0.29) is 29.3 Å². The first kappa shape index (κ1) is 13.6. The Labute approximate surface area is 118 Å². The third-order valence-corrected chi connectivity index (χ3v) is 6.03. The molecule has 0 radical (unpaired) electrons. The lowest BCUT2D eigenvalue weighted by molar-refractivity contribution is -0.146. The highest BCUT2D eigenvalue weighted by Crippen LogP contribution is 2.31. The minimum Gasteiger partial charge on any atom is -0.469 e. The zero-order chi connectivity index (χ0) is 14.3. The number of rotatable bonds is 2. The molecule has 3 rings (SSSR count). The second-order valence-corrected chi connectivity index (χ2v) is 7.80. The number of hydrogen-bond acceptors (Lipinski definition) is 5. The second-order valence-electron chi connectivity index (χ2n) is 5.57. The van der Waals surface area contributed by atoms with E-state index in [0.717, 1.165) is 17.9 Å². The molecule has 3 heterocycles. The molecule has 2 atom stereocenters. The lowest BCUT2D eigenvalue weighted by Crippen LogP contribution is -2.27. The number of esters is 1. The van der Waals surface area contributed by atoms with Gasteiger partial charge in [-0.25, -0.2) is 13.4 Å². The van der Waals surface area contributed by atoms with Crippen LogP contribution in [-0.4, -0.2) is 42.6 Å². The van der Waals surface area contributed by atoms with Gasteiger partial charge in [-0.1, -0.05) is 0 Å². The summed E-state index contributed by atoms with van der Waals surface area (Å²) in [6.45, 7) is 0.709. The van der Waals surface area contributed by atoms with Crippen molar-refractivity contribution in [2.24, 2.45) is 5.92 Å². The molecule has 1 aromatic rings. The molecule has 0 amide bonds. The van der Waals surface area contributed by atoms with E-state index in [4.69, 9.17) is 4.74 Å². The summed E-state index contributed by atoms with van der Waals surface area (Å²) >= 11 is 0. The van der Waals surface area contributed by atoms with Crippen LogP contribution in [0.4, 0.5) is 0 Å². The van der Waals surface area contributed by atoms with Gasteiger partial charge < -0.3 is 9.30 Å². The number of carbonyl (C=O) groups is 1. The number of ether oxygens (including phenoxy) is 1. The third kappa shape index (κ3) is 2.34. The van der Waals surface area contributed by atoms with E-state index in [1.807, 2.05) is 0 Å². The molecule has 20 heavy (non-hydrogen) atoms. The number of sulfone groups is 1. The van der Waals surface area contributed by atoms with Crippen molar-refractivity contribution in [3.63, 3.8) is 0 Å². The molecule has 2 aliphatic rings. The maximum absolute atomic E-state index is 11.6. The van der Waals surface area contributed by atoms with Crippen LogP contribution in [0.3, 0.4) is 0 Å². The first-order chi connectivity index (χ1) is 9.50. The van der Waals surface area contributed by atoms with Gasteiger partial charge in [-0.15, -0.1) is 0 Å². The Bertz CT molecular complexity index is 635. The van der Waals surface area contributed by atoms with Crippen LogP contribution in [0.5, 0.6) is 0 Å². The molecule has 2 unspecified atom stereocenters. The quantitative estimate of drug-likeness (QED) is 0.744. The zero-order valence-electron chi connectivity index (χ0n) is 11.4. The van der Waals surface area contributed by atoms with Gasteiger partial charge in [-0.2, -0.15) is 0 Å². The number of nitrogens with zero attached hydrogens (tertiary/aromatic N) is 2. The number of aromatic nitrogens is 2. The number of fused-ring (bicyclic) bond motifs is 1. The maximum Gasteiger partial charge on any atom is 0.309 e. The summed E-state index contributed by atoms with van der Waals surface area (Å²) in [6.07, 6.45) is 3.77. The van der Waals surface area contributed by atoms with Crippen molar-refractivity contribution >= 4 is 15.8 Å². The topological polar surface area (TPSA) is 78.3 Å². The van der Waals surface area contributed by atoms with Gasteiger partial charge in [-0.3, -0.25) is 4.79 Å². The molecular formula is C13H18N2O4S. The van der Waals surface area contributed by atoms with Gasteiger partial charge in [0, 0.05) is 30.8 Å². The Balaban J connectivity index is 1.82. The van der Waals surface area contributed by atoms with E-state index in [9.17, 15) is 13.2 Å². The molecule has 6 nitrogen and oxygen atoms in total. The van der Waals surface area contributed by atoms with Crippen molar-refractivity contribution in [1.82, 2.24) is 9.55 Å². The smallest absolute Gasteiger partial charge is 0.309 e. The van der Waals surface area contributed by atoms with Gasteiger partial charge in [0.15, 0.2) is 9.84 Å². The highest BCUT2D eigenvalue weighted by atomic mass is 32.2. The SMILES string of the molecule is COC(=O)C1CCn2c(cnc2C2CCS(=O)(=O)C2)C1. The van der Waals surface area contributed by atoms with Crippen LogP contribution in [0.1, 0.15) is 30.3 Å². The van der Waals surface area contributed by atoms with Crippen molar-refractivity contribution in [3.8, 4) is 0 Å². The fraction of sp³-hybridized carbons (Fsp3) is 0.692. The Hall–Kier alpha value is -1.37. The number of methoxy groups -OCH3 is 1. The van der Waals surface area contributed by atoms with Crippen LogP contribution in [0.25, 0.3) is 0 Å². The Kier molecular flexibility index (Phi) is 3.32. The predicted molar refractivity (Wildman–Crippen MR) is 72.1 cm³/mol. The van der Waals surface area contributed by atoms with Gasteiger partial charge in [0.2, 0.25) is 0 Å². The van der Waals surface area contributed by atoms with Crippen molar-refractivity contribution in [3.05, 3.63) is 17.7 Å². The molecule has 2 aliphatic heterocycles. The van der Waals surface area contributed by atoms with Gasteiger partial charge in [0.05, 0.1) is 24.5 Å². The normalized spacial score (nSPS) is 28.1. The highest BCUT2D eigenvalue weighted by molar-refractivity contribution is 7.91. The minimum atomic E-state index is -2.90. The van der Waals surface area contributed by atoms with Gasteiger partial charge >= 0.3 is 5.97 Å². The molecule has 0 bridgehead atoms. The number of carbonyl (C=O) groups excluding carboxylic acids is 1. The minimum absolute atomic E-state index is 0.00317. The molecular weight excluding hydrogens is 280 g/mol. The molecule has 0 aromatic carbocycles. The monoisotopic (exact) mass is 298 g/mol. The molecule has 1 aromatic heterocycles. The largest absolute Gasteiger partial charge is 0.469 e. The van der Waals surface area contributed by atoms with Crippen molar-refractivity contribution in [2.75, 3.05) is 18.6 Å². The van der Waals surface area contributed by atoms with Gasteiger partial charge in [-0.05, 0) is 12.8 Å². The fourth-order valence-corrected chi connectivity index (χ4v) is 4.92. The van der Waals surface area contributed by atoms with Crippen LogP contribution < -0.4 is 0 Å². The Morgan fingerprint density at radius 1 is 1.45 bits per heavy atom. The third-order valence-electron chi connectivity index (χ3n) is 4.26. The molecule has 1 saturated heterocycles. The molecule has 7 heteroatoms. The first-order valence-electron chi connectivity index (χ1n) is 6.82. The van der Waals surface area contributed by atoms with Crippen molar-refractivity contribution in [1.29, 1.82) is 0 Å². The lowest BCUT2D eigenvalue weighted by atomic mass is 9.96. The molecule has 0 spiro atoms. The summed E-state index contributed by atoms with van der Waals surface area (Å²) in [7, 11) is -1.50.